The number of hydrogen-bond donors (Lipinski definition) is 1. The summed E-state index contributed by atoms with van der Waals surface area (Å²) in [6.07, 6.45) is 4.73. The summed E-state index contributed by atoms with van der Waals surface area (Å²) < 4.78 is 12.4. The third-order valence-electron chi connectivity index (χ3n) is 3.59. The van der Waals surface area contributed by atoms with Gasteiger partial charge in [0.2, 0.25) is 5.37 Å². The fourth-order valence-corrected chi connectivity index (χ4v) is 3.91. The number of hydrogen-bond acceptors (Lipinski definition) is 6. The highest BCUT2D eigenvalue weighted by atomic mass is 32.2. The Balaban J connectivity index is 2.09. The Morgan fingerprint density at radius 1 is 1.44 bits per heavy atom. The Morgan fingerprint density at radius 2 is 2.20 bits per heavy atom. The van der Waals surface area contributed by atoms with Gasteiger partial charge < -0.3 is 9.66 Å². The molecule has 1 amide bonds. The smallest absolute Gasteiger partial charge is 0.364 e. The van der Waals surface area contributed by atoms with Gasteiger partial charge in [0, 0.05) is 12.3 Å². The van der Waals surface area contributed by atoms with E-state index in [0.717, 1.165) is 17.1 Å². The van der Waals surface area contributed by atoms with Crippen molar-refractivity contribution in [2.24, 2.45) is 0 Å². The van der Waals surface area contributed by atoms with Gasteiger partial charge in [-0.2, -0.15) is 5.26 Å². The number of carboxylic acid groups (broad SMARTS) is 1. The number of β-lactam (4-membered cyclic amide) rings is 1. The molecule has 3 rings (SSSR count). The van der Waals surface area contributed by atoms with Gasteiger partial charge in [0.15, 0.2) is 5.70 Å². The summed E-state index contributed by atoms with van der Waals surface area (Å²) in [6.45, 7) is 0. The van der Waals surface area contributed by atoms with Gasteiger partial charge in [-0.05, 0) is 24.3 Å². The number of fused-ring (bicyclic) bond motifs is 1. The van der Waals surface area contributed by atoms with E-state index >= 15 is 0 Å². The molecule has 3 heterocycles. The fourth-order valence-electron chi connectivity index (χ4n) is 2.53. The van der Waals surface area contributed by atoms with Crippen LogP contribution in [0.25, 0.3) is 6.08 Å². The molecule has 9 heteroatoms. The van der Waals surface area contributed by atoms with Crippen molar-refractivity contribution in [3.63, 3.8) is 0 Å². The zero-order valence-electron chi connectivity index (χ0n) is 12.4. The molecule has 1 aromatic rings. The molecule has 25 heavy (non-hydrogen) atoms. The van der Waals surface area contributed by atoms with Crippen LogP contribution in [0.15, 0.2) is 53.4 Å². The molecular formula is C16H9N3O5S. The quantitative estimate of drug-likeness (QED) is 0.357. The number of aliphatic carboxylic acids is 1. The number of allylic oxidation sites excluding steroid dienone is 2. The van der Waals surface area contributed by atoms with Gasteiger partial charge in [0.1, 0.15) is 5.57 Å². The Kier molecular flexibility index (Phi) is 4.22. The van der Waals surface area contributed by atoms with E-state index in [9.17, 15) is 24.0 Å². The monoisotopic (exact) mass is 355 g/mol. The molecule has 8 nitrogen and oxygen atoms in total. The highest BCUT2D eigenvalue weighted by Gasteiger charge is 2.60. The highest BCUT2D eigenvalue weighted by Crippen LogP contribution is 2.41. The van der Waals surface area contributed by atoms with Crippen LogP contribution in [0.5, 0.6) is 0 Å². The van der Waals surface area contributed by atoms with Crippen LogP contribution >= 0.6 is 0 Å². The van der Waals surface area contributed by atoms with Crippen molar-refractivity contribution in [1.82, 2.24) is 9.88 Å². The number of pyridine rings is 1. The van der Waals surface area contributed by atoms with E-state index in [1.165, 1.54) is 12.3 Å². The average Bonchev–Trinajstić information content (AvgIpc) is 2.61. The van der Waals surface area contributed by atoms with Crippen molar-refractivity contribution < 1.29 is 24.0 Å². The standard InChI is InChI=1S/C16H9N3O5S/c17-6-3-5-10-12(15(21)22)19-13(20)11(14(19)25(24)16(10)23)8-9-4-1-2-7-18-9/h1-5,7-8,14H,(H,21,22)/b5-3+,11-8-/t14-,25?/m0/s1. The fraction of sp³-hybridized carbons (Fsp3) is 0.0625. The first-order chi connectivity index (χ1) is 12.0. The lowest BCUT2D eigenvalue weighted by Gasteiger charge is -2.43. The largest absolute Gasteiger partial charge is 0.607 e. The van der Waals surface area contributed by atoms with E-state index in [-0.39, 0.29) is 5.57 Å². The van der Waals surface area contributed by atoms with Crippen LogP contribution in [0.4, 0.5) is 0 Å². The van der Waals surface area contributed by atoms with Gasteiger partial charge in [-0.15, -0.1) is 0 Å². The third kappa shape index (κ3) is 2.63. The molecule has 0 saturated carbocycles. The van der Waals surface area contributed by atoms with Crippen LogP contribution in [0.1, 0.15) is 5.69 Å². The molecular weight excluding hydrogens is 346 g/mol. The van der Waals surface area contributed by atoms with Crippen molar-refractivity contribution in [2.45, 2.75) is 5.37 Å². The van der Waals surface area contributed by atoms with Crippen molar-refractivity contribution in [2.75, 3.05) is 0 Å². The average molecular weight is 355 g/mol. The molecule has 2 atom stereocenters. The van der Waals surface area contributed by atoms with Crippen molar-refractivity contribution in [1.29, 1.82) is 5.26 Å². The predicted molar refractivity (Wildman–Crippen MR) is 85.4 cm³/mol. The Labute approximate surface area is 144 Å². The van der Waals surface area contributed by atoms with Gasteiger partial charge in [-0.3, -0.25) is 9.78 Å². The summed E-state index contributed by atoms with van der Waals surface area (Å²) in [5.41, 5.74) is -0.545. The maximum Gasteiger partial charge on any atom is 0.364 e. The first kappa shape index (κ1) is 16.6. The molecule has 2 aliphatic rings. The number of carbonyl (C=O) groups excluding carboxylic acids is 2. The molecule has 0 spiro atoms. The lowest BCUT2D eigenvalue weighted by Crippen LogP contribution is -2.63. The highest BCUT2D eigenvalue weighted by molar-refractivity contribution is 8.07. The van der Waals surface area contributed by atoms with Crippen LogP contribution < -0.4 is 0 Å². The second-order valence-corrected chi connectivity index (χ2v) is 6.41. The molecule has 0 aromatic carbocycles. The number of carboxylic acids is 1. The molecule has 1 fully saturated rings. The SMILES string of the molecule is N#C/C=C/C1=C(C(=O)O)N2C(=O)/C(=C/c3ccccn3)[C@@H]2[S+]([O-])C1=O. The Bertz CT molecular complexity index is 913. The zero-order valence-corrected chi connectivity index (χ0v) is 13.3. The summed E-state index contributed by atoms with van der Waals surface area (Å²) in [5, 5.41) is 15.8. The minimum atomic E-state index is -2.18. The first-order valence-corrected chi connectivity index (χ1v) is 8.13. The predicted octanol–water partition coefficient (Wildman–Crippen LogP) is 0.341. The molecule has 2 aliphatic heterocycles. The van der Waals surface area contributed by atoms with Gasteiger partial charge in [0.05, 0.1) is 28.5 Å². The number of nitrogens with zero attached hydrogens (tertiary/aromatic N) is 3. The molecule has 1 unspecified atom stereocenters. The molecule has 1 aromatic heterocycles. The summed E-state index contributed by atoms with van der Waals surface area (Å²) in [4.78, 5) is 41.0. The van der Waals surface area contributed by atoms with E-state index < -0.39 is 44.8 Å². The van der Waals surface area contributed by atoms with E-state index in [1.807, 2.05) is 0 Å². The number of aromatic nitrogens is 1. The van der Waals surface area contributed by atoms with Crippen LogP contribution in [0, 0.1) is 11.3 Å². The molecule has 124 valence electrons. The minimum Gasteiger partial charge on any atom is -0.607 e. The van der Waals surface area contributed by atoms with Gasteiger partial charge in [-0.1, -0.05) is 6.07 Å². The van der Waals surface area contributed by atoms with Gasteiger partial charge in [0.25, 0.3) is 5.91 Å². The Morgan fingerprint density at radius 3 is 2.80 bits per heavy atom. The van der Waals surface area contributed by atoms with Crippen molar-refractivity contribution in [3.8, 4) is 6.07 Å². The van der Waals surface area contributed by atoms with E-state index in [4.69, 9.17) is 5.26 Å². The lowest BCUT2D eigenvalue weighted by molar-refractivity contribution is -0.142. The minimum absolute atomic E-state index is 0.0486. The second kappa shape index (κ2) is 6.35. The van der Waals surface area contributed by atoms with Gasteiger partial charge >= 0.3 is 11.1 Å². The van der Waals surface area contributed by atoms with Gasteiger partial charge in [-0.25, -0.2) is 14.5 Å². The molecule has 0 aliphatic carbocycles. The number of amides is 1. The van der Waals surface area contributed by atoms with Crippen molar-refractivity contribution >= 4 is 34.2 Å². The summed E-state index contributed by atoms with van der Waals surface area (Å²) in [7, 11) is 0. The first-order valence-electron chi connectivity index (χ1n) is 6.92. The molecule has 1 saturated heterocycles. The maximum absolute atomic E-state index is 12.4. The molecule has 1 N–H and O–H groups in total. The molecule has 0 bridgehead atoms. The summed E-state index contributed by atoms with van der Waals surface area (Å²) >= 11 is -2.18. The van der Waals surface area contributed by atoms with Crippen LogP contribution in [0.3, 0.4) is 0 Å². The van der Waals surface area contributed by atoms with Crippen molar-refractivity contribution in [3.05, 3.63) is 59.1 Å². The second-order valence-electron chi connectivity index (χ2n) is 5.00. The maximum atomic E-state index is 12.4. The number of nitriles is 1. The van der Waals surface area contributed by atoms with E-state index in [2.05, 4.69) is 4.98 Å². The number of carbonyl (C=O) groups is 3. The normalized spacial score (nSPS) is 24.3. The lowest BCUT2D eigenvalue weighted by atomic mass is 10.0. The van der Waals surface area contributed by atoms with E-state index in [1.54, 1.807) is 24.3 Å². The zero-order chi connectivity index (χ0) is 18.1. The molecule has 0 radical (unpaired) electrons. The summed E-state index contributed by atoms with van der Waals surface area (Å²) in [6, 6.07) is 6.61. The summed E-state index contributed by atoms with van der Waals surface area (Å²) in [5.74, 6) is -2.19. The van der Waals surface area contributed by atoms with Crippen LogP contribution in [-0.2, 0) is 25.6 Å². The third-order valence-corrected chi connectivity index (χ3v) is 5.04. The topological polar surface area (TPSA) is 134 Å². The van der Waals surface area contributed by atoms with Crippen LogP contribution in [-0.4, -0.2) is 41.9 Å². The number of rotatable bonds is 3. The van der Waals surface area contributed by atoms with Crippen LogP contribution in [0.2, 0.25) is 0 Å². The van der Waals surface area contributed by atoms with E-state index in [0.29, 0.717) is 5.69 Å². The Hall–Kier alpha value is -3.22.